The first-order valence-corrected chi connectivity index (χ1v) is 7.79. The van der Waals surface area contributed by atoms with Crippen LogP contribution in [0.1, 0.15) is 28.9 Å². The van der Waals surface area contributed by atoms with Crippen LogP contribution in [0.15, 0.2) is 48.9 Å². The van der Waals surface area contributed by atoms with Gasteiger partial charge in [0.1, 0.15) is 11.9 Å². The Kier molecular flexibility index (Phi) is 4.78. The first-order valence-electron chi connectivity index (χ1n) is 7.79. The second-order valence-corrected chi connectivity index (χ2v) is 5.67. The van der Waals surface area contributed by atoms with Gasteiger partial charge in [0.15, 0.2) is 5.82 Å². The van der Waals surface area contributed by atoms with E-state index in [1.165, 1.54) is 27.8 Å². The van der Waals surface area contributed by atoms with Gasteiger partial charge in [0.05, 0.1) is 18.3 Å². The van der Waals surface area contributed by atoms with Crippen LogP contribution in [0.2, 0.25) is 0 Å². The summed E-state index contributed by atoms with van der Waals surface area (Å²) in [5, 5.41) is 19.6. The predicted octanol–water partition coefficient (Wildman–Crippen LogP) is 2.16. The highest BCUT2D eigenvalue weighted by molar-refractivity contribution is 5.92. The van der Waals surface area contributed by atoms with Gasteiger partial charge in [-0.1, -0.05) is 18.2 Å². The molecular formula is C17H16FN5O3. The molecule has 0 bridgehead atoms. The van der Waals surface area contributed by atoms with Crippen molar-refractivity contribution >= 4 is 17.7 Å². The molecule has 2 N–H and O–H groups in total. The number of halogens is 1. The van der Waals surface area contributed by atoms with Crippen molar-refractivity contribution in [3.8, 4) is 0 Å². The van der Waals surface area contributed by atoms with Gasteiger partial charge in [0.2, 0.25) is 5.91 Å². The molecule has 2 heterocycles. The van der Waals surface area contributed by atoms with E-state index in [1.54, 1.807) is 37.4 Å². The minimum atomic E-state index is -1.12. The number of carboxylic acids is 1. The van der Waals surface area contributed by atoms with Crippen molar-refractivity contribution < 1.29 is 19.1 Å². The van der Waals surface area contributed by atoms with Gasteiger partial charge in [-0.25, -0.2) is 9.18 Å². The summed E-state index contributed by atoms with van der Waals surface area (Å²) < 4.78 is 16.5. The Morgan fingerprint density at radius 3 is 2.77 bits per heavy atom. The molecule has 0 saturated carbocycles. The number of hydrogen-bond donors (Lipinski definition) is 2. The van der Waals surface area contributed by atoms with Crippen LogP contribution in [0.25, 0.3) is 0 Å². The van der Waals surface area contributed by atoms with E-state index in [0.717, 1.165) is 0 Å². The Bertz CT molecular complexity index is 949. The van der Waals surface area contributed by atoms with E-state index < -0.39 is 17.9 Å². The smallest absolute Gasteiger partial charge is 0.338 e. The molecule has 0 saturated heterocycles. The fourth-order valence-electron chi connectivity index (χ4n) is 2.33. The number of hydrogen-bond acceptors (Lipinski definition) is 4. The third-order valence-electron chi connectivity index (χ3n) is 3.81. The van der Waals surface area contributed by atoms with Crippen molar-refractivity contribution in [2.45, 2.75) is 19.5 Å². The molecule has 2 aromatic heterocycles. The predicted molar refractivity (Wildman–Crippen MR) is 90.3 cm³/mol. The Labute approximate surface area is 147 Å². The first kappa shape index (κ1) is 17.3. The molecule has 1 amide bonds. The van der Waals surface area contributed by atoms with E-state index in [2.05, 4.69) is 15.5 Å². The lowest BCUT2D eigenvalue weighted by Crippen LogP contribution is -2.24. The number of aromatic nitrogens is 4. The molecule has 26 heavy (non-hydrogen) atoms. The lowest BCUT2D eigenvalue weighted by Gasteiger charge is -2.11. The summed E-state index contributed by atoms with van der Waals surface area (Å²) in [6, 6.07) is 7.26. The van der Waals surface area contributed by atoms with Crippen molar-refractivity contribution in [2.75, 3.05) is 5.32 Å². The molecule has 0 fully saturated rings. The van der Waals surface area contributed by atoms with Crippen LogP contribution in [0.3, 0.4) is 0 Å². The molecule has 0 aliphatic heterocycles. The van der Waals surface area contributed by atoms with Crippen LogP contribution in [0, 0.1) is 5.82 Å². The number of carboxylic acid groups (broad SMARTS) is 1. The summed E-state index contributed by atoms with van der Waals surface area (Å²) in [4.78, 5) is 23.2. The molecule has 0 aliphatic carbocycles. The van der Waals surface area contributed by atoms with Gasteiger partial charge >= 0.3 is 5.97 Å². The Balaban J connectivity index is 1.65. The molecule has 1 aromatic carbocycles. The highest BCUT2D eigenvalue weighted by Gasteiger charge is 2.18. The van der Waals surface area contributed by atoms with Gasteiger partial charge in [-0.2, -0.15) is 10.2 Å². The van der Waals surface area contributed by atoms with Gasteiger partial charge in [0, 0.05) is 24.0 Å². The number of benzene rings is 1. The molecule has 1 atom stereocenters. The van der Waals surface area contributed by atoms with E-state index in [1.807, 2.05) is 0 Å². The Hall–Kier alpha value is -3.49. The maximum absolute atomic E-state index is 13.7. The molecule has 134 valence electrons. The number of carbonyl (C=O) groups is 2. The molecular weight excluding hydrogens is 341 g/mol. The normalized spacial score (nSPS) is 11.9. The SMILES string of the molecule is CC(C(=O)Nc1ccn(Cc2ccccc2F)n1)n1cc(C(=O)O)cn1. The van der Waals surface area contributed by atoms with E-state index >= 15 is 0 Å². The third-order valence-corrected chi connectivity index (χ3v) is 3.81. The fourth-order valence-corrected chi connectivity index (χ4v) is 2.33. The molecule has 0 spiro atoms. The number of anilines is 1. The molecule has 8 nitrogen and oxygen atoms in total. The molecule has 9 heteroatoms. The van der Waals surface area contributed by atoms with Crippen molar-refractivity contribution in [1.82, 2.24) is 19.6 Å². The number of nitrogens with zero attached hydrogens (tertiary/aromatic N) is 4. The zero-order valence-corrected chi connectivity index (χ0v) is 13.8. The maximum atomic E-state index is 13.7. The van der Waals surface area contributed by atoms with E-state index in [0.29, 0.717) is 11.4 Å². The summed E-state index contributed by atoms with van der Waals surface area (Å²) >= 11 is 0. The highest BCUT2D eigenvalue weighted by Crippen LogP contribution is 2.13. The van der Waals surface area contributed by atoms with E-state index in [4.69, 9.17) is 5.11 Å². The average molecular weight is 357 g/mol. The van der Waals surface area contributed by atoms with E-state index in [9.17, 15) is 14.0 Å². The number of nitrogens with one attached hydrogen (secondary N) is 1. The second-order valence-electron chi connectivity index (χ2n) is 5.67. The first-order chi connectivity index (χ1) is 12.4. The number of carbonyl (C=O) groups excluding carboxylic acids is 1. The van der Waals surface area contributed by atoms with Crippen LogP contribution in [0.5, 0.6) is 0 Å². The monoisotopic (exact) mass is 357 g/mol. The van der Waals surface area contributed by atoms with Gasteiger partial charge in [0.25, 0.3) is 0 Å². The van der Waals surface area contributed by atoms with Gasteiger partial charge in [-0.3, -0.25) is 14.2 Å². The lowest BCUT2D eigenvalue weighted by molar-refractivity contribution is -0.119. The van der Waals surface area contributed by atoms with Gasteiger partial charge in [-0.15, -0.1) is 0 Å². The van der Waals surface area contributed by atoms with Gasteiger partial charge < -0.3 is 10.4 Å². The van der Waals surface area contributed by atoms with Crippen molar-refractivity contribution in [1.29, 1.82) is 0 Å². The van der Waals surface area contributed by atoms with Crippen molar-refractivity contribution in [3.05, 3.63) is 65.9 Å². The number of rotatable bonds is 6. The van der Waals surface area contributed by atoms with Crippen molar-refractivity contribution in [3.63, 3.8) is 0 Å². The van der Waals surface area contributed by atoms with Crippen LogP contribution in [0.4, 0.5) is 10.2 Å². The summed E-state index contributed by atoms with van der Waals surface area (Å²) in [5.74, 6) is -1.53. The zero-order valence-electron chi connectivity index (χ0n) is 13.8. The number of amides is 1. The molecule has 3 aromatic rings. The van der Waals surface area contributed by atoms with Crippen LogP contribution >= 0.6 is 0 Å². The quantitative estimate of drug-likeness (QED) is 0.704. The van der Waals surface area contributed by atoms with Crippen LogP contribution in [-0.2, 0) is 11.3 Å². The summed E-state index contributed by atoms with van der Waals surface area (Å²) in [5.41, 5.74) is 0.485. The third kappa shape index (κ3) is 3.77. The molecule has 3 rings (SSSR count). The van der Waals surface area contributed by atoms with Crippen LogP contribution in [-0.4, -0.2) is 36.5 Å². The standard InChI is InChI=1S/C17H16FN5O3/c1-11(23-10-13(8-19-23)17(25)26)16(24)20-15-6-7-22(21-15)9-12-4-2-3-5-14(12)18/h2-8,10-11H,9H2,1H3,(H,25,26)(H,20,21,24). The summed E-state index contributed by atoms with van der Waals surface area (Å²) in [6.07, 6.45) is 4.09. The highest BCUT2D eigenvalue weighted by atomic mass is 19.1. The Morgan fingerprint density at radius 2 is 2.08 bits per heavy atom. The second kappa shape index (κ2) is 7.18. The van der Waals surface area contributed by atoms with E-state index in [-0.39, 0.29) is 17.9 Å². The lowest BCUT2D eigenvalue weighted by atomic mass is 10.2. The minimum Gasteiger partial charge on any atom is -0.478 e. The zero-order chi connectivity index (χ0) is 18.7. The minimum absolute atomic E-state index is 0.00110. The fraction of sp³-hybridized carbons (Fsp3) is 0.176. The molecule has 1 unspecified atom stereocenters. The summed E-state index contributed by atoms with van der Waals surface area (Å²) in [6.45, 7) is 1.82. The maximum Gasteiger partial charge on any atom is 0.338 e. The summed E-state index contributed by atoms with van der Waals surface area (Å²) in [7, 11) is 0. The molecule has 0 aliphatic rings. The number of aromatic carboxylic acids is 1. The molecule has 0 radical (unpaired) electrons. The topological polar surface area (TPSA) is 102 Å². The van der Waals surface area contributed by atoms with Gasteiger partial charge in [-0.05, 0) is 13.0 Å². The largest absolute Gasteiger partial charge is 0.478 e. The Morgan fingerprint density at radius 1 is 1.31 bits per heavy atom. The average Bonchev–Trinajstić information content (AvgIpc) is 3.26. The van der Waals surface area contributed by atoms with Crippen LogP contribution < -0.4 is 5.32 Å². The van der Waals surface area contributed by atoms with Crippen molar-refractivity contribution in [2.24, 2.45) is 0 Å².